The van der Waals surface area contributed by atoms with Crippen LogP contribution < -0.4 is 14.2 Å². The Morgan fingerprint density at radius 2 is 1.59 bits per heavy atom. The van der Waals surface area contributed by atoms with Crippen molar-refractivity contribution in [2.45, 2.75) is 51.9 Å². The van der Waals surface area contributed by atoms with Crippen LogP contribution in [0.5, 0.6) is 17.2 Å². The second-order valence-corrected chi connectivity index (χ2v) is 12.9. The van der Waals surface area contributed by atoms with Crippen molar-refractivity contribution in [3.8, 4) is 27.7 Å². The van der Waals surface area contributed by atoms with Crippen LogP contribution in [0.4, 0.5) is 0 Å². The minimum atomic E-state index is 0.238. The fraction of sp³-hybridized carbons (Fsp3) is 0.432. The molecule has 1 aromatic heterocycles. The van der Waals surface area contributed by atoms with Crippen LogP contribution in [0.2, 0.25) is 0 Å². The van der Waals surface area contributed by atoms with E-state index in [0.717, 1.165) is 61.6 Å². The molecule has 0 N–H and O–H groups in total. The summed E-state index contributed by atoms with van der Waals surface area (Å²) in [5.41, 5.74) is 3.73. The lowest BCUT2D eigenvalue weighted by Crippen LogP contribution is -2.29. The number of carbonyl (C=O) groups is 1. The summed E-state index contributed by atoms with van der Waals surface area (Å²) < 4.78 is 19.8. The highest BCUT2D eigenvalue weighted by Gasteiger charge is 2.20. The van der Waals surface area contributed by atoms with E-state index in [1.54, 1.807) is 0 Å². The molecule has 0 atom stereocenters. The van der Waals surface area contributed by atoms with Gasteiger partial charge in [-0.05, 0) is 104 Å². The molecular formula is C37H44N2O4S. The first-order chi connectivity index (χ1) is 21.7. The maximum absolute atomic E-state index is 11.9. The molecule has 3 aromatic carbocycles. The topological polar surface area (TPSA) is 51.2 Å². The van der Waals surface area contributed by atoms with Crippen molar-refractivity contribution in [2.75, 3.05) is 52.5 Å². The van der Waals surface area contributed by atoms with Gasteiger partial charge in [0.1, 0.15) is 19.0 Å². The van der Waals surface area contributed by atoms with E-state index in [1.165, 1.54) is 52.0 Å². The number of fused-ring (bicyclic) bond motifs is 1. The molecule has 0 aliphatic carbocycles. The third-order valence-electron chi connectivity index (χ3n) is 8.63. The van der Waals surface area contributed by atoms with Gasteiger partial charge in [0.25, 0.3) is 0 Å². The fourth-order valence-corrected chi connectivity index (χ4v) is 7.35. The molecule has 2 saturated heterocycles. The number of hydrogen-bond donors (Lipinski definition) is 0. The Hall–Kier alpha value is -3.55. The first-order valence-electron chi connectivity index (χ1n) is 16.3. The molecule has 2 aliphatic heterocycles. The summed E-state index contributed by atoms with van der Waals surface area (Å²) in [6.45, 7) is 8.87. The van der Waals surface area contributed by atoms with Gasteiger partial charge in [-0.2, -0.15) is 0 Å². The summed E-state index contributed by atoms with van der Waals surface area (Å²) in [6, 6.07) is 23.5. The molecule has 0 radical (unpaired) electrons. The van der Waals surface area contributed by atoms with Crippen molar-refractivity contribution >= 4 is 27.3 Å². The van der Waals surface area contributed by atoms with E-state index < -0.39 is 0 Å². The zero-order valence-electron chi connectivity index (χ0n) is 25.9. The van der Waals surface area contributed by atoms with Gasteiger partial charge in [-0.3, -0.25) is 9.69 Å². The van der Waals surface area contributed by atoms with Crippen LogP contribution in [0, 0.1) is 0 Å². The molecule has 2 fully saturated rings. The highest BCUT2D eigenvalue weighted by atomic mass is 32.1. The van der Waals surface area contributed by atoms with E-state index in [1.807, 2.05) is 28.4 Å². The summed E-state index contributed by atoms with van der Waals surface area (Å²) in [4.78, 5) is 17.5. The lowest BCUT2D eigenvalue weighted by molar-refractivity contribution is -0.128. The Bertz CT molecular complexity index is 1530. The number of benzene rings is 3. The van der Waals surface area contributed by atoms with Crippen molar-refractivity contribution in [3.05, 3.63) is 77.9 Å². The second-order valence-electron chi connectivity index (χ2n) is 11.8. The van der Waals surface area contributed by atoms with E-state index in [9.17, 15) is 4.79 Å². The minimum Gasteiger partial charge on any atom is -0.492 e. The predicted molar refractivity (Wildman–Crippen MR) is 179 cm³/mol. The van der Waals surface area contributed by atoms with E-state index in [-0.39, 0.29) is 5.91 Å². The van der Waals surface area contributed by atoms with Crippen LogP contribution in [-0.4, -0.2) is 68.3 Å². The van der Waals surface area contributed by atoms with Crippen LogP contribution in [-0.2, 0) is 11.2 Å². The summed E-state index contributed by atoms with van der Waals surface area (Å²) in [7, 11) is 0. The summed E-state index contributed by atoms with van der Waals surface area (Å²) in [6.07, 6.45) is 7.13. The lowest BCUT2D eigenvalue weighted by atomic mass is 9.98. The minimum absolute atomic E-state index is 0.238. The molecule has 0 saturated carbocycles. The zero-order valence-corrected chi connectivity index (χ0v) is 26.7. The highest BCUT2D eigenvalue weighted by Crippen LogP contribution is 2.42. The molecule has 6 rings (SSSR count). The molecule has 7 heteroatoms. The molecular weight excluding hydrogens is 568 g/mol. The summed E-state index contributed by atoms with van der Waals surface area (Å²) >= 11 is 1.84. The van der Waals surface area contributed by atoms with Gasteiger partial charge in [-0.1, -0.05) is 43.7 Å². The Labute approximate surface area is 265 Å². The molecule has 1 amide bonds. The van der Waals surface area contributed by atoms with Crippen molar-refractivity contribution in [1.82, 2.24) is 9.80 Å². The third kappa shape index (κ3) is 7.56. The lowest BCUT2D eigenvalue weighted by Gasteiger charge is -2.17. The van der Waals surface area contributed by atoms with E-state index in [2.05, 4.69) is 66.4 Å². The number of hydrogen-bond acceptors (Lipinski definition) is 6. The molecule has 4 aromatic rings. The number of nitrogens with zero attached hydrogens (tertiary/aromatic N) is 2. The molecule has 3 heterocycles. The number of unbranched alkanes of at least 4 members (excludes halogenated alkanes) is 1. The van der Waals surface area contributed by atoms with Gasteiger partial charge < -0.3 is 19.1 Å². The Morgan fingerprint density at radius 1 is 0.795 bits per heavy atom. The third-order valence-corrected chi connectivity index (χ3v) is 9.89. The quantitative estimate of drug-likeness (QED) is 0.128. The van der Waals surface area contributed by atoms with Gasteiger partial charge >= 0.3 is 0 Å². The average molecular weight is 613 g/mol. The van der Waals surface area contributed by atoms with Gasteiger partial charge in [0.05, 0.1) is 13.2 Å². The number of carbonyl (C=O) groups excluding carboxylic acids is 1. The van der Waals surface area contributed by atoms with E-state index in [0.29, 0.717) is 32.8 Å². The zero-order chi connectivity index (χ0) is 30.1. The van der Waals surface area contributed by atoms with Crippen LogP contribution in [0.3, 0.4) is 0 Å². The van der Waals surface area contributed by atoms with Crippen molar-refractivity contribution in [1.29, 1.82) is 0 Å². The smallest absolute Gasteiger partial charge is 0.222 e. The molecule has 0 spiro atoms. The number of ether oxygens (including phenoxy) is 3. The van der Waals surface area contributed by atoms with E-state index >= 15 is 0 Å². The van der Waals surface area contributed by atoms with Gasteiger partial charge in [0.2, 0.25) is 5.91 Å². The molecule has 44 heavy (non-hydrogen) atoms. The van der Waals surface area contributed by atoms with Gasteiger partial charge in [0.15, 0.2) is 11.5 Å². The molecule has 6 nitrogen and oxygen atoms in total. The van der Waals surface area contributed by atoms with Gasteiger partial charge in [-0.15, -0.1) is 11.3 Å². The maximum atomic E-state index is 11.9. The van der Waals surface area contributed by atoms with Crippen LogP contribution >= 0.6 is 11.3 Å². The number of amides is 1. The molecule has 0 bridgehead atoms. The first kappa shape index (κ1) is 30.5. The normalized spacial score (nSPS) is 15.4. The van der Waals surface area contributed by atoms with Crippen LogP contribution in [0.25, 0.3) is 20.5 Å². The predicted octanol–water partition coefficient (Wildman–Crippen LogP) is 7.81. The highest BCUT2D eigenvalue weighted by molar-refractivity contribution is 7.22. The largest absolute Gasteiger partial charge is 0.492 e. The summed E-state index contributed by atoms with van der Waals surface area (Å²) in [5.74, 6) is 2.74. The van der Waals surface area contributed by atoms with Crippen molar-refractivity contribution in [2.24, 2.45) is 0 Å². The number of rotatable bonds is 15. The summed E-state index contributed by atoms with van der Waals surface area (Å²) in [5, 5.41) is 1.29. The SMILES string of the molecule is CCCCOc1cc(-c2sc3ccccc3c2Cc2ccc(OCCN3CCCC3=O)cc2)ccc1OCCN1CCCC1. The van der Waals surface area contributed by atoms with Crippen LogP contribution in [0.15, 0.2) is 66.7 Å². The van der Waals surface area contributed by atoms with Gasteiger partial charge in [0, 0.05) is 29.1 Å². The fourth-order valence-electron chi connectivity index (χ4n) is 6.13. The Morgan fingerprint density at radius 3 is 2.39 bits per heavy atom. The van der Waals surface area contributed by atoms with Crippen molar-refractivity contribution in [3.63, 3.8) is 0 Å². The van der Waals surface area contributed by atoms with Crippen LogP contribution in [0.1, 0.15) is 56.6 Å². The standard InChI is InChI=1S/C37H44N2O4S/c1-2-3-23-42-34-27-29(14-17-33(34)43-24-21-38-18-6-7-19-38)37-32(31-9-4-5-10-35(31)44-37)26-28-12-15-30(16-13-28)41-25-22-39-20-8-11-36(39)40/h4-5,9-10,12-17,27H,2-3,6-8,11,18-26H2,1H3. The Kier molecular flexibility index (Phi) is 10.4. The van der Waals surface area contributed by atoms with E-state index in [4.69, 9.17) is 14.2 Å². The molecule has 0 unspecified atom stereocenters. The molecule has 232 valence electrons. The molecule has 2 aliphatic rings. The number of thiophene rings is 1. The van der Waals surface area contributed by atoms with Crippen molar-refractivity contribution < 1.29 is 19.0 Å². The first-order valence-corrected chi connectivity index (χ1v) is 17.1. The second kappa shape index (κ2) is 15.0. The monoisotopic (exact) mass is 612 g/mol. The average Bonchev–Trinajstić information content (AvgIpc) is 3.80. The maximum Gasteiger partial charge on any atom is 0.222 e. The number of likely N-dealkylation sites (tertiary alicyclic amines) is 2. The van der Waals surface area contributed by atoms with Gasteiger partial charge in [-0.25, -0.2) is 0 Å². The Balaban J connectivity index is 1.19.